The third-order valence-corrected chi connectivity index (χ3v) is 6.94. The van der Waals surface area contributed by atoms with Crippen molar-refractivity contribution in [2.45, 2.75) is 71.6 Å². The number of pyridine rings is 2. The van der Waals surface area contributed by atoms with E-state index in [-0.39, 0.29) is 31.9 Å². The van der Waals surface area contributed by atoms with Crippen LogP contribution in [0.25, 0.3) is 11.6 Å². The van der Waals surface area contributed by atoms with Crippen molar-refractivity contribution in [1.29, 1.82) is 0 Å². The van der Waals surface area contributed by atoms with Gasteiger partial charge >= 0.3 is 21.1 Å². The Hall–Kier alpha value is -2.99. The molecule has 8 nitrogen and oxygen atoms in total. The van der Waals surface area contributed by atoms with E-state index in [0.29, 0.717) is 0 Å². The van der Waals surface area contributed by atoms with Crippen molar-refractivity contribution in [3.63, 3.8) is 0 Å². The molecule has 0 saturated heterocycles. The summed E-state index contributed by atoms with van der Waals surface area (Å²) in [7, 11) is 8.14. The topological polar surface area (TPSA) is 67.9 Å². The van der Waals surface area contributed by atoms with Crippen molar-refractivity contribution in [1.82, 2.24) is 29.5 Å². The molecule has 0 aromatic carbocycles. The quantitative estimate of drug-likeness (QED) is 0.245. The summed E-state index contributed by atoms with van der Waals surface area (Å²) in [6, 6.07) is 12.2. The standard InChI is InChI=1S/C31H42N8.Pt/c1-29(2,3)23-13-15-38(34-23)27-19-21(36(9)10)17-25(32-27)31(7,8)26-18-22(37(11)12)20-28(33-26)39-16-14-24(35-39)30(4,5)6;/h13-14,17-20H,1-12H3;/q-2;+2. The predicted molar refractivity (Wildman–Crippen MR) is 159 cm³/mol. The fraction of sp³-hybridized carbons (Fsp3) is 0.484. The van der Waals surface area contributed by atoms with Crippen LogP contribution in [-0.2, 0) is 37.3 Å². The van der Waals surface area contributed by atoms with Crippen LogP contribution in [0.5, 0.6) is 0 Å². The van der Waals surface area contributed by atoms with Crippen LogP contribution in [0, 0.1) is 12.4 Å². The second kappa shape index (κ2) is 11.1. The summed E-state index contributed by atoms with van der Waals surface area (Å²) in [6.45, 7) is 17.2. The van der Waals surface area contributed by atoms with Crippen molar-refractivity contribution >= 4 is 11.4 Å². The molecule has 40 heavy (non-hydrogen) atoms. The molecular weight excluding hydrogens is 679 g/mol. The number of nitrogens with zero attached hydrogens (tertiary/aromatic N) is 8. The van der Waals surface area contributed by atoms with Crippen molar-refractivity contribution in [3.05, 3.63) is 71.6 Å². The third kappa shape index (κ3) is 6.49. The van der Waals surface area contributed by atoms with Gasteiger partial charge in [-0.2, -0.15) is 0 Å². The summed E-state index contributed by atoms with van der Waals surface area (Å²) in [4.78, 5) is 14.4. The van der Waals surface area contributed by atoms with E-state index in [9.17, 15) is 0 Å². The second-order valence-corrected chi connectivity index (χ2v) is 13.2. The summed E-state index contributed by atoms with van der Waals surface area (Å²) in [5.41, 5.74) is 5.09. The Balaban J connectivity index is 0.00000441. The Labute approximate surface area is 254 Å². The molecule has 4 rings (SSSR count). The molecule has 0 aliphatic carbocycles. The van der Waals surface area contributed by atoms with E-state index < -0.39 is 5.41 Å². The van der Waals surface area contributed by atoms with Gasteiger partial charge in [0.15, 0.2) is 0 Å². The molecule has 216 valence electrons. The molecule has 4 aromatic rings. The predicted octanol–water partition coefficient (Wildman–Crippen LogP) is 5.50. The number of hydrogen-bond donors (Lipinski definition) is 0. The summed E-state index contributed by atoms with van der Waals surface area (Å²) in [5, 5.41) is 9.61. The maximum atomic E-state index is 5.10. The van der Waals surface area contributed by atoms with Gasteiger partial charge in [0, 0.05) is 56.4 Å². The molecule has 0 aliphatic rings. The molecule has 0 atom stereocenters. The van der Waals surface area contributed by atoms with Gasteiger partial charge in [-0.3, -0.25) is 20.2 Å². The Morgan fingerprint density at radius 2 is 0.925 bits per heavy atom. The van der Waals surface area contributed by atoms with E-state index in [4.69, 9.17) is 20.2 Å². The van der Waals surface area contributed by atoms with Crippen LogP contribution in [-0.4, -0.2) is 57.7 Å². The van der Waals surface area contributed by atoms with Crippen LogP contribution in [0.15, 0.2) is 36.4 Å². The van der Waals surface area contributed by atoms with Crippen LogP contribution in [0.2, 0.25) is 0 Å². The molecule has 0 N–H and O–H groups in total. The van der Waals surface area contributed by atoms with Gasteiger partial charge in [0.1, 0.15) is 0 Å². The molecule has 0 fully saturated rings. The molecule has 0 aliphatic heterocycles. The molecule has 9 heteroatoms. The Morgan fingerprint density at radius 1 is 0.575 bits per heavy atom. The molecule has 0 unspecified atom stereocenters. The molecule has 4 heterocycles. The molecular formula is C31H42N8Pt. The van der Waals surface area contributed by atoms with Gasteiger partial charge < -0.3 is 19.2 Å². The first-order valence-corrected chi connectivity index (χ1v) is 13.3. The van der Waals surface area contributed by atoms with E-state index in [1.54, 1.807) is 9.36 Å². The number of hydrogen-bond acceptors (Lipinski definition) is 6. The second-order valence-electron chi connectivity index (χ2n) is 13.2. The summed E-state index contributed by atoms with van der Waals surface area (Å²) in [6.07, 6.45) is 6.54. The van der Waals surface area contributed by atoms with E-state index in [2.05, 4.69) is 89.7 Å². The number of aromatic nitrogens is 6. The summed E-state index contributed by atoms with van der Waals surface area (Å²) in [5.74, 6) is 1.44. The summed E-state index contributed by atoms with van der Waals surface area (Å²) >= 11 is 0. The van der Waals surface area contributed by atoms with Gasteiger partial charge in [-0.25, -0.2) is 0 Å². The monoisotopic (exact) mass is 721 g/mol. The van der Waals surface area contributed by atoms with Crippen LogP contribution < -0.4 is 9.80 Å². The van der Waals surface area contributed by atoms with E-state index >= 15 is 0 Å². The van der Waals surface area contributed by atoms with Gasteiger partial charge in [0.05, 0.1) is 11.6 Å². The fourth-order valence-corrected chi connectivity index (χ4v) is 4.05. The smallest absolute Gasteiger partial charge is 0.378 e. The molecule has 4 aromatic heterocycles. The van der Waals surface area contributed by atoms with Crippen LogP contribution >= 0.6 is 0 Å². The first kappa shape index (κ1) is 31.5. The molecule has 0 spiro atoms. The van der Waals surface area contributed by atoms with Gasteiger partial charge in [0.2, 0.25) is 0 Å². The number of anilines is 2. The van der Waals surface area contributed by atoms with Gasteiger partial charge in [-0.05, 0) is 48.2 Å². The van der Waals surface area contributed by atoms with Crippen molar-refractivity contribution in [3.8, 4) is 11.6 Å². The minimum atomic E-state index is -0.526. The largest absolute Gasteiger partial charge is 2.00 e. The minimum Gasteiger partial charge on any atom is -0.378 e. The van der Waals surface area contributed by atoms with Crippen LogP contribution in [0.1, 0.15) is 78.2 Å². The maximum Gasteiger partial charge on any atom is 2.00 e. The van der Waals surface area contributed by atoms with Crippen molar-refractivity contribution in [2.24, 2.45) is 0 Å². The zero-order valence-corrected chi connectivity index (χ0v) is 28.1. The van der Waals surface area contributed by atoms with E-state index in [1.807, 2.05) is 52.5 Å². The van der Waals surface area contributed by atoms with Gasteiger partial charge in [-0.1, -0.05) is 66.1 Å². The zero-order chi connectivity index (χ0) is 28.9. The van der Waals surface area contributed by atoms with E-state index in [1.165, 1.54) is 0 Å². The maximum absolute atomic E-state index is 5.10. The number of rotatable bonds is 6. The first-order valence-electron chi connectivity index (χ1n) is 13.3. The van der Waals surface area contributed by atoms with Crippen LogP contribution in [0.3, 0.4) is 0 Å². The summed E-state index contributed by atoms with van der Waals surface area (Å²) < 4.78 is 3.49. The average Bonchev–Trinajstić information content (AvgIpc) is 3.54. The van der Waals surface area contributed by atoms with Gasteiger partial charge in [0.25, 0.3) is 0 Å². The average molecular weight is 722 g/mol. The molecule has 0 bridgehead atoms. The Morgan fingerprint density at radius 3 is 1.20 bits per heavy atom. The van der Waals surface area contributed by atoms with Crippen LogP contribution in [0.4, 0.5) is 11.4 Å². The van der Waals surface area contributed by atoms with Gasteiger partial charge in [-0.15, -0.1) is 12.1 Å². The third-order valence-electron chi connectivity index (χ3n) is 6.94. The fourth-order valence-electron chi connectivity index (χ4n) is 4.05. The minimum absolute atomic E-state index is 0. The zero-order valence-electron chi connectivity index (χ0n) is 25.9. The Kier molecular flexibility index (Phi) is 8.76. The Bertz CT molecular complexity index is 1360. The SMILES string of the molecule is CN(C)c1cc(-n2[c-]cc(C(C)(C)C)n2)nc(C(C)(C)c2cc(N(C)C)cc(-n3[c-]cc(C(C)(C)C)n3)n2)c1.[Pt+2]. The van der Waals surface area contributed by atoms with E-state index in [0.717, 1.165) is 45.8 Å². The normalized spacial score (nSPS) is 12.3. The van der Waals surface area contributed by atoms with Crippen molar-refractivity contribution < 1.29 is 21.1 Å². The van der Waals surface area contributed by atoms with Crippen molar-refractivity contribution in [2.75, 3.05) is 38.0 Å². The molecule has 0 amide bonds. The molecule has 0 radical (unpaired) electrons. The first-order chi connectivity index (χ1) is 18.0. The molecule has 0 saturated carbocycles.